The van der Waals surface area contributed by atoms with Gasteiger partial charge in [-0.15, -0.1) is 0 Å². The Morgan fingerprint density at radius 2 is 1.80 bits per heavy atom. The van der Waals surface area contributed by atoms with Gasteiger partial charge in [-0.3, -0.25) is 9.52 Å². The van der Waals surface area contributed by atoms with Crippen molar-refractivity contribution in [2.75, 3.05) is 25.0 Å². The highest BCUT2D eigenvalue weighted by atomic mass is 35.5. The van der Waals surface area contributed by atoms with Crippen molar-refractivity contribution in [2.24, 2.45) is 0 Å². The zero-order chi connectivity index (χ0) is 18.3. The molecule has 8 heteroatoms. The van der Waals surface area contributed by atoms with Crippen molar-refractivity contribution in [3.63, 3.8) is 0 Å². The molecule has 0 fully saturated rings. The fourth-order valence-corrected chi connectivity index (χ4v) is 3.37. The van der Waals surface area contributed by atoms with Gasteiger partial charge in [0, 0.05) is 25.8 Å². The van der Waals surface area contributed by atoms with E-state index in [2.05, 4.69) is 10.0 Å². The monoisotopic (exact) mass is 382 g/mol. The van der Waals surface area contributed by atoms with E-state index >= 15 is 0 Å². The molecular weight excluding hydrogens is 364 g/mol. The normalized spacial score (nSPS) is 11.1. The second-order valence-corrected chi connectivity index (χ2v) is 7.30. The van der Waals surface area contributed by atoms with Crippen LogP contribution in [-0.4, -0.2) is 34.6 Å². The van der Waals surface area contributed by atoms with Crippen molar-refractivity contribution < 1.29 is 17.9 Å². The highest BCUT2D eigenvalue weighted by Crippen LogP contribution is 2.24. The Bertz CT molecular complexity index is 823. The average Bonchev–Trinajstić information content (AvgIpc) is 2.60. The van der Waals surface area contributed by atoms with Crippen LogP contribution in [-0.2, 0) is 14.8 Å². The standard InChI is InChI=1S/C17H19ClN2O4S/c1-24-12-4-11-19-17(21)13-7-9-14(10-8-13)25(22,23)20-16-6-3-2-5-15(16)18/h2-3,5-10,20H,4,11-12H2,1H3,(H,19,21). The first-order valence-electron chi connectivity index (χ1n) is 7.58. The van der Waals surface area contributed by atoms with E-state index in [0.29, 0.717) is 35.8 Å². The number of benzene rings is 2. The first-order chi connectivity index (χ1) is 11.9. The number of carbonyl (C=O) groups is 1. The van der Waals surface area contributed by atoms with Crippen molar-refractivity contribution in [3.8, 4) is 0 Å². The fourth-order valence-electron chi connectivity index (χ4n) is 2.05. The van der Waals surface area contributed by atoms with E-state index in [1.165, 1.54) is 24.3 Å². The average molecular weight is 383 g/mol. The lowest BCUT2D eigenvalue weighted by Crippen LogP contribution is -2.25. The Morgan fingerprint density at radius 3 is 2.44 bits per heavy atom. The molecule has 25 heavy (non-hydrogen) atoms. The third-order valence-electron chi connectivity index (χ3n) is 3.36. The minimum atomic E-state index is -3.79. The minimum Gasteiger partial charge on any atom is -0.385 e. The van der Waals surface area contributed by atoms with E-state index in [4.69, 9.17) is 16.3 Å². The van der Waals surface area contributed by atoms with Crippen LogP contribution in [0, 0.1) is 0 Å². The molecule has 2 rings (SSSR count). The first-order valence-corrected chi connectivity index (χ1v) is 9.45. The van der Waals surface area contributed by atoms with E-state index in [1.807, 2.05) is 0 Å². The molecule has 0 radical (unpaired) electrons. The number of rotatable bonds is 8. The van der Waals surface area contributed by atoms with Crippen LogP contribution in [0.2, 0.25) is 5.02 Å². The minimum absolute atomic E-state index is 0.0448. The third-order valence-corrected chi connectivity index (χ3v) is 5.07. The molecule has 0 aliphatic carbocycles. The molecule has 0 saturated carbocycles. The molecule has 2 N–H and O–H groups in total. The predicted molar refractivity (Wildman–Crippen MR) is 97.5 cm³/mol. The van der Waals surface area contributed by atoms with Crippen LogP contribution in [0.25, 0.3) is 0 Å². The van der Waals surface area contributed by atoms with E-state index < -0.39 is 10.0 Å². The van der Waals surface area contributed by atoms with Gasteiger partial charge in [-0.2, -0.15) is 0 Å². The number of para-hydroxylation sites is 1. The molecule has 2 aromatic rings. The molecule has 0 aromatic heterocycles. The van der Waals surface area contributed by atoms with Crippen LogP contribution in [0.1, 0.15) is 16.8 Å². The fraction of sp³-hybridized carbons (Fsp3) is 0.235. The van der Waals surface area contributed by atoms with Crippen molar-refractivity contribution in [1.82, 2.24) is 5.32 Å². The van der Waals surface area contributed by atoms with E-state index in [0.717, 1.165) is 0 Å². The Kier molecular flexibility index (Phi) is 6.81. The molecule has 134 valence electrons. The molecule has 0 unspecified atom stereocenters. The van der Waals surface area contributed by atoms with Crippen molar-refractivity contribution in [3.05, 3.63) is 59.1 Å². The number of ether oxygens (including phenoxy) is 1. The molecule has 6 nitrogen and oxygen atoms in total. The van der Waals surface area contributed by atoms with Gasteiger partial charge in [-0.25, -0.2) is 8.42 Å². The maximum absolute atomic E-state index is 12.4. The summed E-state index contributed by atoms with van der Waals surface area (Å²) in [6.45, 7) is 1.05. The molecule has 0 aliphatic heterocycles. The number of amides is 1. The molecule has 0 atom stereocenters. The maximum Gasteiger partial charge on any atom is 0.261 e. The number of halogens is 1. The molecule has 0 spiro atoms. The number of hydrogen-bond donors (Lipinski definition) is 2. The molecule has 1 amide bonds. The van der Waals surface area contributed by atoms with Gasteiger partial charge in [0.05, 0.1) is 15.6 Å². The SMILES string of the molecule is COCCCNC(=O)c1ccc(S(=O)(=O)Nc2ccccc2Cl)cc1. The Labute approximate surface area is 152 Å². The van der Waals surface area contributed by atoms with E-state index in [-0.39, 0.29) is 10.8 Å². The van der Waals surface area contributed by atoms with Crippen molar-refractivity contribution in [1.29, 1.82) is 0 Å². The third kappa shape index (κ3) is 5.45. The second-order valence-electron chi connectivity index (χ2n) is 5.21. The van der Waals surface area contributed by atoms with Crippen molar-refractivity contribution in [2.45, 2.75) is 11.3 Å². The lowest BCUT2D eigenvalue weighted by Gasteiger charge is -2.10. The molecule has 0 saturated heterocycles. The number of sulfonamides is 1. The van der Waals surface area contributed by atoms with Gasteiger partial charge in [-0.05, 0) is 42.8 Å². The second kappa shape index (κ2) is 8.84. The highest BCUT2D eigenvalue weighted by molar-refractivity contribution is 7.92. The van der Waals surface area contributed by atoms with Crippen LogP contribution < -0.4 is 10.0 Å². The highest BCUT2D eigenvalue weighted by Gasteiger charge is 2.16. The zero-order valence-corrected chi connectivity index (χ0v) is 15.2. The lowest BCUT2D eigenvalue weighted by atomic mass is 10.2. The topological polar surface area (TPSA) is 84.5 Å². The summed E-state index contributed by atoms with van der Waals surface area (Å²) in [6, 6.07) is 12.2. The van der Waals surface area contributed by atoms with E-state index in [1.54, 1.807) is 31.4 Å². The molecule has 0 aliphatic rings. The summed E-state index contributed by atoms with van der Waals surface area (Å²) in [4.78, 5) is 12.0. The Morgan fingerprint density at radius 1 is 1.12 bits per heavy atom. The van der Waals surface area contributed by atoms with Gasteiger partial charge in [-0.1, -0.05) is 23.7 Å². The lowest BCUT2D eigenvalue weighted by molar-refractivity contribution is 0.0948. The Balaban J connectivity index is 2.05. The number of methoxy groups -OCH3 is 1. The van der Waals surface area contributed by atoms with Crippen LogP contribution >= 0.6 is 11.6 Å². The summed E-state index contributed by atoms with van der Waals surface area (Å²) in [5.41, 5.74) is 0.679. The van der Waals surface area contributed by atoms with Gasteiger partial charge >= 0.3 is 0 Å². The van der Waals surface area contributed by atoms with Crippen LogP contribution in [0.5, 0.6) is 0 Å². The molecule has 0 bridgehead atoms. The summed E-state index contributed by atoms with van der Waals surface area (Å²) in [5.74, 6) is -0.265. The van der Waals surface area contributed by atoms with Crippen LogP contribution in [0.3, 0.4) is 0 Å². The summed E-state index contributed by atoms with van der Waals surface area (Å²) < 4.78 is 32.1. The predicted octanol–water partition coefficient (Wildman–Crippen LogP) is 2.91. The number of anilines is 1. The molecule has 0 heterocycles. The number of carbonyl (C=O) groups excluding carboxylic acids is 1. The summed E-state index contributed by atoms with van der Waals surface area (Å²) in [5, 5.41) is 3.04. The van der Waals surface area contributed by atoms with E-state index in [9.17, 15) is 13.2 Å². The van der Waals surface area contributed by atoms with Gasteiger partial charge in [0.1, 0.15) is 0 Å². The van der Waals surface area contributed by atoms with Crippen molar-refractivity contribution >= 4 is 33.2 Å². The smallest absolute Gasteiger partial charge is 0.261 e. The number of hydrogen-bond acceptors (Lipinski definition) is 4. The summed E-state index contributed by atoms with van der Waals surface area (Å²) in [6.07, 6.45) is 0.705. The summed E-state index contributed by atoms with van der Waals surface area (Å²) >= 11 is 5.97. The number of nitrogens with one attached hydrogen (secondary N) is 2. The summed E-state index contributed by atoms with van der Waals surface area (Å²) in [7, 11) is -2.19. The van der Waals surface area contributed by atoms with Gasteiger partial charge < -0.3 is 10.1 Å². The Hall–Kier alpha value is -2.09. The largest absolute Gasteiger partial charge is 0.385 e. The molecular formula is C17H19ClN2O4S. The van der Waals surface area contributed by atoms with Gasteiger partial charge in [0.15, 0.2) is 0 Å². The quantitative estimate of drug-likeness (QED) is 0.687. The van der Waals surface area contributed by atoms with Gasteiger partial charge in [0.2, 0.25) is 0 Å². The maximum atomic E-state index is 12.4. The van der Waals surface area contributed by atoms with Gasteiger partial charge in [0.25, 0.3) is 15.9 Å². The molecule has 2 aromatic carbocycles. The van der Waals surface area contributed by atoms with Crippen LogP contribution in [0.4, 0.5) is 5.69 Å². The zero-order valence-electron chi connectivity index (χ0n) is 13.7. The first kappa shape index (κ1) is 19.2. The van der Waals surface area contributed by atoms with Crippen LogP contribution in [0.15, 0.2) is 53.4 Å².